The first kappa shape index (κ1) is 27.7. The van der Waals surface area contributed by atoms with Crippen molar-refractivity contribution < 1.29 is 0 Å². The number of fused-ring (bicyclic) bond motifs is 7. The molecule has 6 heteroatoms. The molecular formula is C42H23N5S. The molecule has 0 aliphatic carbocycles. The molecule has 0 N–H and O–H groups in total. The lowest BCUT2D eigenvalue weighted by atomic mass is 9.99. The van der Waals surface area contributed by atoms with Crippen LogP contribution >= 0.6 is 11.3 Å². The zero-order valence-corrected chi connectivity index (χ0v) is 26.2. The number of benzene rings is 6. The quantitative estimate of drug-likeness (QED) is 0.182. The maximum atomic E-state index is 10.5. The SMILES string of the molecule is [C-]#[N+]c1cc(-c2nc(-c3ccccc3)nc(-c3ccccc3)c2C#N)ccc1-n1c2ccccc2c2c3sc4ccccc4c3ccc21. The van der Waals surface area contributed by atoms with E-state index in [1.54, 1.807) is 0 Å². The molecule has 0 saturated carbocycles. The molecule has 0 saturated heterocycles. The second kappa shape index (κ2) is 11.0. The Bertz CT molecular complexity index is 2800. The van der Waals surface area contributed by atoms with Gasteiger partial charge in [0.05, 0.1) is 34.7 Å². The highest BCUT2D eigenvalue weighted by Gasteiger charge is 2.22. The molecule has 0 bridgehead atoms. The topological polar surface area (TPSA) is 58.9 Å². The monoisotopic (exact) mass is 629 g/mol. The summed E-state index contributed by atoms with van der Waals surface area (Å²) in [5.41, 5.74) is 7.12. The van der Waals surface area contributed by atoms with Crippen molar-refractivity contribution in [3.8, 4) is 45.7 Å². The second-order valence-electron chi connectivity index (χ2n) is 11.6. The van der Waals surface area contributed by atoms with Crippen LogP contribution in [0.25, 0.3) is 86.4 Å². The second-order valence-corrected chi connectivity index (χ2v) is 12.6. The van der Waals surface area contributed by atoms with E-state index in [-0.39, 0.29) is 0 Å². The molecule has 3 aromatic heterocycles. The van der Waals surface area contributed by atoms with E-state index < -0.39 is 0 Å². The lowest BCUT2D eigenvalue weighted by Crippen LogP contribution is -2.01. The van der Waals surface area contributed by atoms with Crippen LogP contribution in [0.3, 0.4) is 0 Å². The smallest absolute Gasteiger partial charge is 0.211 e. The van der Waals surface area contributed by atoms with E-state index in [4.69, 9.17) is 16.5 Å². The lowest BCUT2D eigenvalue weighted by molar-refractivity contribution is 1.16. The number of para-hydroxylation sites is 1. The highest BCUT2D eigenvalue weighted by Crippen LogP contribution is 2.45. The molecule has 3 heterocycles. The van der Waals surface area contributed by atoms with E-state index in [2.05, 4.69) is 70.1 Å². The number of hydrogen-bond acceptors (Lipinski definition) is 4. The van der Waals surface area contributed by atoms with Gasteiger partial charge in [-0.2, -0.15) is 5.26 Å². The van der Waals surface area contributed by atoms with Gasteiger partial charge in [-0.1, -0.05) is 109 Å². The first-order valence-electron chi connectivity index (χ1n) is 15.5. The predicted molar refractivity (Wildman–Crippen MR) is 197 cm³/mol. The largest absolute Gasteiger partial charge is 0.319 e. The average molecular weight is 630 g/mol. The van der Waals surface area contributed by atoms with Gasteiger partial charge >= 0.3 is 0 Å². The average Bonchev–Trinajstić information content (AvgIpc) is 3.70. The molecule has 6 aromatic carbocycles. The van der Waals surface area contributed by atoms with Crippen LogP contribution in [0, 0.1) is 17.9 Å². The van der Waals surface area contributed by atoms with Crippen LogP contribution in [0.4, 0.5) is 5.69 Å². The van der Waals surface area contributed by atoms with Crippen LogP contribution < -0.4 is 0 Å². The van der Waals surface area contributed by atoms with Gasteiger partial charge < -0.3 is 4.57 Å². The van der Waals surface area contributed by atoms with Crippen molar-refractivity contribution in [2.45, 2.75) is 0 Å². The minimum Gasteiger partial charge on any atom is -0.319 e. The summed E-state index contributed by atoms with van der Waals surface area (Å²) in [7, 11) is 0. The first-order valence-corrected chi connectivity index (χ1v) is 16.3. The highest BCUT2D eigenvalue weighted by molar-refractivity contribution is 7.26. The third-order valence-corrected chi connectivity index (χ3v) is 10.1. The summed E-state index contributed by atoms with van der Waals surface area (Å²) in [5, 5.41) is 15.3. The van der Waals surface area contributed by atoms with Gasteiger partial charge in [0.15, 0.2) is 5.82 Å². The molecule has 0 spiro atoms. The van der Waals surface area contributed by atoms with Gasteiger partial charge in [-0.3, -0.25) is 0 Å². The fourth-order valence-electron chi connectivity index (χ4n) is 6.74. The number of hydrogen-bond donors (Lipinski definition) is 0. The van der Waals surface area contributed by atoms with E-state index >= 15 is 0 Å². The summed E-state index contributed by atoms with van der Waals surface area (Å²) in [4.78, 5) is 13.9. The number of nitriles is 1. The standard InChI is InChI=1S/C42H23N5S/c1-44-33-24-28(40-32(25-43)39(26-12-4-2-5-13-26)45-42(46-40)27-14-6-3-7-15-27)20-22-35(33)47-34-18-10-8-17-31(34)38-36(47)23-21-30-29-16-9-11-19-37(29)48-41(30)38/h2-24H. The molecule has 0 atom stereocenters. The minimum absolute atomic E-state index is 0.369. The molecular weight excluding hydrogens is 607 g/mol. The Morgan fingerprint density at radius 3 is 2.04 bits per heavy atom. The molecule has 9 aromatic rings. The van der Waals surface area contributed by atoms with Crippen LogP contribution in [-0.2, 0) is 0 Å². The van der Waals surface area contributed by atoms with Crippen molar-refractivity contribution in [1.29, 1.82) is 5.26 Å². The molecule has 48 heavy (non-hydrogen) atoms. The van der Waals surface area contributed by atoms with Gasteiger partial charge in [0, 0.05) is 42.1 Å². The van der Waals surface area contributed by atoms with Crippen molar-refractivity contribution in [2.75, 3.05) is 0 Å². The summed E-state index contributed by atoms with van der Waals surface area (Å²) in [5.74, 6) is 0.520. The molecule has 0 radical (unpaired) electrons. The minimum atomic E-state index is 0.369. The van der Waals surface area contributed by atoms with E-state index in [1.807, 2.05) is 96.3 Å². The Morgan fingerprint density at radius 1 is 0.625 bits per heavy atom. The summed E-state index contributed by atoms with van der Waals surface area (Å²) in [6, 6.07) is 49.0. The fraction of sp³-hybridized carbons (Fsp3) is 0. The molecule has 222 valence electrons. The summed E-state index contributed by atoms with van der Waals surface area (Å²) < 4.78 is 4.69. The van der Waals surface area contributed by atoms with Gasteiger partial charge in [-0.05, 0) is 35.9 Å². The summed E-state index contributed by atoms with van der Waals surface area (Å²) in [6.07, 6.45) is 0. The normalized spacial score (nSPS) is 11.3. The van der Waals surface area contributed by atoms with Crippen molar-refractivity contribution >= 4 is 59.0 Å². The van der Waals surface area contributed by atoms with E-state index in [0.29, 0.717) is 34.0 Å². The van der Waals surface area contributed by atoms with Crippen molar-refractivity contribution in [3.63, 3.8) is 0 Å². The third kappa shape index (κ3) is 4.22. The van der Waals surface area contributed by atoms with Gasteiger partial charge in [0.2, 0.25) is 5.69 Å². The molecule has 0 unspecified atom stereocenters. The van der Waals surface area contributed by atoms with Gasteiger partial charge in [-0.25, -0.2) is 14.8 Å². The Morgan fingerprint density at radius 2 is 1.29 bits per heavy atom. The Hall–Kier alpha value is -6.60. The van der Waals surface area contributed by atoms with E-state index in [0.717, 1.165) is 33.2 Å². The zero-order chi connectivity index (χ0) is 32.2. The van der Waals surface area contributed by atoms with Gasteiger partial charge in [0.25, 0.3) is 0 Å². The van der Waals surface area contributed by atoms with Crippen LogP contribution in [0.15, 0.2) is 140 Å². The fourth-order valence-corrected chi connectivity index (χ4v) is 8.00. The summed E-state index contributed by atoms with van der Waals surface area (Å²) in [6.45, 7) is 8.33. The molecule has 0 aliphatic heterocycles. The lowest BCUT2D eigenvalue weighted by Gasteiger charge is -2.14. The molecule has 9 rings (SSSR count). The highest BCUT2D eigenvalue weighted by atomic mass is 32.1. The third-order valence-electron chi connectivity index (χ3n) is 8.89. The number of thiophene rings is 1. The van der Waals surface area contributed by atoms with Crippen LogP contribution in [0.5, 0.6) is 0 Å². The summed E-state index contributed by atoms with van der Waals surface area (Å²) >= 11 is 1.81. The Kier molecular flexibility index (Phi) is 6.36. The van der Waals surface area contributed by atoms with E-state index in [9.17, 15) is 5.26 Å². The molecule has 5 nitrogen and oxygen atoms in total. The van der Waals surface area contributed by atoms with Crippen molar-refractivity contribution in [2.24, 2.45) is 0 Å². The van der Waals surface area contributed by atoms with Gasteiger partial charge in [-0.15, -0.1) is 11.3 Å². The first-order chi connectivity index (χ1) is 23.7. The van der Waals surface area contributed by atoms with Gasteiger partial charge in [0.1, 0.15) is 11.6 Å². The Balaban J connectivity index is 1.29. The molecule has 0 amide bonds. The van der Waals surface area contributed by atoms with Crippen LogP contribution in [-0.4, -0.2) is 14.5 Å². The van der Waals surface area contributed by atoms with Crippen LogP contribution in [0.1, 0.15) is 5.56 Å². The van der Waals surface area contributed by atoms with Crippen LogP contribution in [0.2, 0.25) is 0 Å². The number of nitrogens with zero attached hydrogens (tertiary/aromatic N) is 5. The maximum Gasteiger partial charge on any atom is 0.211 e. The zero-order valence-electron chi connectivity index (χ0n) is 25.4. The van der Waals surface area contributed by atoms with Crippen molar-refractivity contribution in [1.82, 2.24) is 14.5 Å². The number of aromatic nitrogens is 3. The number of rotatable bonds is 4. The maximum absolute atomic E-state index is 10.5. The molecule has 0 aliphatic rings. The predicted octanol–water partition coefficient (Wildman–Crippen LogP) is 11.4. The van der Waals surface area contributed by atoms with Crippen molar-refractivity contribution in [3.05, 3.63) is 157 Å². The van der Waals surface area contributed by atoms with E-state index in [1.165, 1.54) is 25.6 Å². The Labute approximate surface area is 280 Å². The molecule has 0 fully saturated rings.